The Balaban J connectivity index is 2.21. The highest BCUT2D eigenvalue weighted by atomic mass is 16.5. The number of ether oxygens (including phenoxy) is 1. The number of rotatable bonds is 7. The fraction of sp³-hybridized carbons (Fsp3) is 1.00. The molecule has 0 atom stereocenters. The van der Waals surface area contributed by atoms with Gasteiger partial charge in [-0.25, -0.2) is 0 Å². The lowest BCUT2D eigenvalue weighted by atomic mass is 9.77. The van der Waals surface area contributed by atoms with Crippen molar-refractivity contribution in [2.45, 2.75) is 78.4 Å². The average Bonchev–Trinajstić information content (AvgIpc) is 2.10. The standard InChI is InChI=1S/C15H31NO/c1-13(2)16-11-9-15(7-6-8-15)17-12-10-14(3,4)5/h13,16H,6-12H2,1-5H3. The molecule has 0 saturated heterocycles. The zero-order chi connectivity index (χ0) is 12.9. The predicted octanol–water partition coefficient (Wildman–Crippen LogP) is 3.75. The highest BCUT2D eigenvalue weighted by Crippen LogP contribution is 2.39. The van der Waals surface area contributed by atoms with Crippen LogP contribution in [-0.4, -0.2) is 24.8 Å². The van der Waals surface area contributed by atoms with Crippen LogP contribution >= 0.6 is 0 Å². The molecule has 1 aliphatic carbocycles. The van der Waals surface area contributed by atoms with Crippen LogP contribution in [0.5, 0.6) is 0 Å². The van der Waals surface area contributed by atoms with Crippen LogP contribution in [0.25, 0.3) is 0 Å². The molecule has 0 radical (unpaired) electrons. The minimum Gasteiger partial charge on any atom is -0.375 e. The second-order valence-electron chi connectivity index (χ2n) is 7.05. The van der Waals surface area contributed by atoms with Crippen molar-refractivity contribution in [3.8, 4) is 0 Å². The Kier molecular flexibility index (Phi) is 5.46. The molecule has 17 heavy (non-hydrogen) atoms. The SMILES string of the molecule is CC(C)NCCC1(OCCC(C)(C)C)CCC1. The van der Waals surface area contributed by atoms with E-state index in [0.29, 0.717) is 11.5 Å². The van der Waals surface area contributed by atoms with Gasteiger partial charge in [-0.15, -0.1) is 0 Å². The zero-order valence-corrected chi connectivity index (χ0v) is 12.4. The van der Waals surface area contributed by atoms with Crippen molar-refractivity contribution in [3.63, 3.8) is 0 Å². The van der Waals surface area contributed by atoms with Crippen molar-refractivity contribution >= 4 is 0 Å². The van der Waals surface area contributed by atoms with Gasteiger partial charge in [0.05, 0.1) is 5.60 Å². The highest BCUT2D eigenvalue weighted by Gasteiger charge is 2.37. The third kappa shape index (κ3) is 5.87. The quantitative estimate of drug-likeness (QED) is 0.733. The van der Waals surface area contributed by atoms with E-state index >= 15 is 0 Å². The Morgan fingerprint density at radius 3 is 2.29 bits per heavy atom. The zero-order valence-electron chi connectivity index (χ0n) is 12.4. The van der Waals surface area contributed by atoms with Crippen molar-refractivity contribution < 1.29 is 4.74 Å². The molecule has 2 nitrogen and oxygen atoms in total. The fourth-order valence-electron chi connectivity index (χ4n) is 2.20. The van der Waals surface area contributed by atoms with Crippen LogP contribution in [0.3, 0.4) is 0 Å². The molecule has 0 aromatic rings. The largest absolute Gasteiger partial charge is 0.375 e. The predicted molar refractivity (Wildman–Crippen MR) is 74.4 cm³/mol. The molecule has 0 heterocycles. The summed E-state index contributed by atoms with van der Waals surface area (Å²) in [5.41, 5.74) is 0.605. The van der Waals surface area contributed by atoms with Gasteiger partial charge in [-0.3, -0.25) is 0 Å². The molecule has 0 unspecified atom stereocenters. The Morgan fingerprint density at radius 1 is 1.24 bits per heavy atom. The summed E-state index contributed by atoms with van der Waals surface area (Å²) in [4.78, 5) is 0. The maximum Gasteiger partial charge on any atom is 0.0694 e. The van der Waals surface area contributed by atoms with E-state index in [1.807, 2.05) is 0 Å². The molecule has 0 spiro atoms. The lowest BCUT2D eigenvalue weighted by Crippen LogP contribution is -2.43. The Bertz CT molecular complexity index is 213. The summed E-state index contributed by atoms with van der Waals surface area (Å²) >= 11 is 0. The van der Waals surface area contributed by atoms with Crippen molar-refractivity contribution in [1.29, 1.82) is 0 Å². The fourth-order valence-corrected chi connectivity index (χ4v) is 2.20. The van der Waals surface area contributed by atoms with E-state index in [1.165, 1.54) is 25.7 Å². The molecule has 102 valence electrons. The second kappa shape index (κ2) is 6.19. The van der Waals surface area contributed by atoms with Gasteiger partial charge in [0, 0.05) is 12.6 Å². The van der Waals surface area contributed by atoms with Gasteiger partial charge in [0.25, 0.3) is 0 Å². The molecule has 1 fully saturated rings. The summed E-state index contributed by atoms with van der Waals surface area (Å²) in [6, 6.07) is 0.585. The second-order valence-corrected chi connectivity index (χ2v) is 7.05. The minimum absolute atomic E-state index is 0.215. The molecule has 0 bridgehead atoms. The van der Waals surface area contributed by atoms with Crippen LogP contribution < -0.4 is 5.32 Å². The van der Waals surface area contributed by atoms with Crippen molar-refractivity contribution in [2.24, 2.45) is 5.41 Å². The van der Waals surface area contributed by atoms with Crippen LogP contribution in [0.2, 0.25) is 0 Å². The van der Waals surface area contributed by atoms with Crippen molar-refractivity contribution in [1.82, 2.24) is 5.32 Å². The summed E-state index contributed by atoms with van der Waals surface area (Å²) in [6.07, 6.45) is 6.20. The first-order valence-corrected chi connectivity index (χ1v) is 7.20. The highest BCUT2D eigenvalue weighted by molar-refractivity contribution is 4.90. The normalized spacial score (nSPS) is 19.4. The van der Waals surface area contributed by atoms with Crippen LogP contribution in [0.4, 0.5) is 0 Å². The smallest absolute Gasteiger partial charge is 0.0694 e. The van der Waals surface area contributed by atoms with Crippen molar-refractivity contribution in [2.75, 3.05) is 13.2 Å². The lowest BCUT2D eigenvalue weighted by molar-refractivity contribution is -0.110. The summed E-state index contributed by atoms with van der Waals surface area (Å²) in [7, 11) is 0. The first kappa shape index (κ1) is 15.0. The van der Waals surface area contributed by atoms with E-state index in [0.717, 1.165) is 19.6 Å². The molecule has 1 N–H and O–H groups in total. The van der Waals surface area contributed by atoms with E-state index in [2.05, 4.69) is 39.9 Å². The van der Waals surface area contributed by atoms with Gasteiger partial charge in [-0.2, -0.15) is 0 Å². The van der Waals surface area contributed by atoms with E-state index in [-0.39, 0.29) is 5.60 Å². The van der Waals surface area contributed by atoms with E-state index in [1.54, 1.807) is 0 Å². The van der Waals surface area contributed by atoms with Gasteiger partial charge in [-0.05, 0) is 44.1 Å². The summed E-state index contributed by atoms with van der Waals surface area (Å²) in [5, 5.41) is 3.50. The molecule has 1 rings (SSSR count). The van der Waals surface area contributed by atoms with Crippen molar-refractivity contribution in [3.05, 3.63) is 0 Å². The van der Waals surface area contributed by atoms with Gasteiger partial charge in [0.2, 0.25) is 0 Å². The van der Waals surface area contributed by atoms with Crippen LogP contribution in [0, 0.1) is 5.41 Å². The summed E-state index contributed by atoms with van der Waals surface area (Å²) < 4.78 is 6.18. The lowest BCUT2D eigenvalue weighted by Gasteiger charge is -2.42. The number of nitrogens with one attached hydrogen (secondary N) is 1. The summed E-state index contributed by atoms with van der Waals surface area (Å²) in [5.74, 6) is 0. The Hall–Kier alpha value is -0.0800. The van der Waals surface area contributed by atoms with E-state index in [9.17, 15) is 0 Å². The van der Waals surface area contributed by atoms with Gasteiger partial charge < -0.3 is 10.1 Å². The Labute approximate surface area is 108 Å². The Morgan fingerprint density at radius 2 is 1.88 bits per heavy atom. The first-order valence-electron chi connectivity index (χ1n) is 7.20. The number of hydrogen-bond acceptors (Lipinski definition) is 2. The van der Waals surface area contributed by atoms with E-state index in [4.69, 9.17) is 4.74 Å². The van der Waals surface area contributed by atoms with Crippen LogP contribution in [0.1, 0.15) is 66.7 Å². The molecular weight excluding hydrogens is 210 g/mol. The van der Waals surface area contributed by atoms with Gasteiger partial charge in [0.1, 0.15) is 0 Å². The maximum absolute atomic E-state index is 6.18. The number of hydrogen-bond donors (Lipinski definition) is 1. The molecule has 0 aromatic heterocycles. The molecule has 0 amide bonds. The minimum atomic E-state index is 0.215. The third-order valence-corrected chi connectivity index (χ3v) is 3.66. The molecule has 0 aliphatic heterocycles. The topological polar surface area (TPSA) is 21.3 Å². The van der Waals surface area contributed by atoms with Crippen LogP contribution in [0.15, 0.2) is 0 Å². The van der Waals surface area contributed by atoms with Crippen LogP contribution in [-0.2, 0) is 4.74 Å². The van der Waals surface area contributed by atoms with Gasteiger partial charge in [0.15, 0.2) is 0 Å². The monoisotopic (exact) mass is 241 g/mol. The molecule has 1 saturated carbocycles. The van der Waals surface area contributed by atoms with E-state index < -0.39 is 0 Å². The molecule has 1 aliphatic rings. The average molecular weight is 241 g/mol. The summed E-state index contributed by atoms with van der Waals surface area (Å²) in [6.45, 7) is 13.3. The molecular formula is C15H31NO. The maximum atomic E-state index is 6.18. The molecule has 0 aromatic carbocycles. The third-order valence-electron chi connectivity index (χ3n) is 3.66. The van der Waals surface area contributed by atoms with Gasteiger partial charge >= 0.3 is 0 Å². The first-order chi connectivity index (χ1) is 7.83. The van der Waals surface area contributed by atoms with Gasteiger partial charge in [-0.1, -0.05) is 34.6 Å². The molecule has 2 heteroatoms.